The van der Waals surface area contributed by atoms with E-state index in [-0.39, 0.29) is 98.9 Å². The number of nitrogens with zero attached hydrogens (tertiary/aromatic N) is 8. The van der Waals surface area contributed by atoms with Gasteiger partial charge in [0.15, 0.2) is 11.5 Å². The SMILES string of the molecule is Nc1[nH]nc2nc(Cl)c(Cn3c(C(=O)O)c(-c4ccc[nH]c4=O)c4cc5c(cc43)CCC5)cc12.Nc1c[nH]c2cc(F)c(Cn3c(C(=O)O)c(-c4ccc[nH]c4=O)c4cc5c(cc43)CCC5)cc12.Nc1cc(Cn2c(C(=O)O)c(-c3ccc[nH]c3=O)c3cc4c(cc32)CCC4)c2ccccc2n1.Nc1n[nH]c2cc(F)c(Cn3c(C(=O)O)c(-c4ccc[nH]c4=O)c4cc5c(cc43)CCC5)cc12. The second-order valence-electron chi connectivity index (χ2n) is 34.6. The molecule has 136 heavy (non-hydrogen) atoms. The summed E-state index contributed by atoms with van der Waals surface area (Å²) in [5.41, 5.74) is 42.3. The molecule has 0 aliphatic heterocycles. The quantitative estimate of drug-likeness (QED) is 0.0400. The number of rotatable bonds is 16. The summed E-state index contributed by atoms with van der Waals surface area (Å²) in [5.74, 6) is -4.60. The summed E-state index contributed by atoms with van der Waals surface area (Å²) >= 11 is 6.47. The lowest BCUT2D eigenvalue weighted by Gasteiger charge is -2.13. The van der Waals surface area contributed by atoms with Gasteiger partial charge in [0.1, 0.15) is 51.2 Å². The Morgan fingerprint density at radius 3 is 1.12 bits per heavy atom. The molecular weight excluding hydrogens is 1760 g/mol. The van der Waals surface area contributed by atoms with Crippen molar-refractivity contribution in [2.75, 3.05) is 22.9 Å². The summed E-state index contributed by atoms with van der Waals surface area (Å²) in [6, 6.07) is 46.6. The number of nitrogens with one attached hydrogen (secondary N) is 7. The summed E-state index contributed by atoms with van der Waals surface area (Å²) < 4.78 is 36.8. The Labute approximate surface area is 770 Å². The molecule has 0 bridgehead atoms. The van der Waals surface area contributed by atoms with Gasteiger partial charge < -0.3 is 86.5 Å². The summed E-state index contributed by atoms with van der Waals surface area (Å²) in [4.78, 5) is 124. The van der Waals surface area contributed by atoms with E-state index in [4.69, 9.17) is 34.5 Å². The van der Waals surface area contributed by atoms with E-state index in [2.05, 4.69) is 67.4 Å². The smallest absolute Gasteiger partial charge is 0.353 e. The van der Waals surface area contributed by atoms with E-state index < -0.39 is 35.5 Å². The summed E-state index contributed by atoms with van der Waals surface area (Å²) in [7, 11) is 0. The van der Waals surface area contributed by atoms with Crippen molar-refractivity contribution in [2.24, 2.45) is 0 Å². The maximum atomic E-state index is 15.1. The monoisotopic (exact) mass is 1840 g/mol. The molecule has 0 saturated heterocycles. The minimum atomic E-state index is -1.20. The number of fused-ring (bicyclic) bond motifs is 12. The van der Waals surface area contributed by atoms with Gasteiger partial charge in [-0.2, -0.15) is 10.2 Å². The molecule has 0 atom stereocenters. The third-order valence-corrected chi connectivity index (χ3v) is 27.0. The highest BCUT2D eigenvalue weighted by Gasteiger charge is 2.35. The number of aryl methyl sites for hydroxylation is 8. The first-order valence-electron chi connectivity index (χ1n) is 44.0. The fourth-order valence-electron chi connectivity index (χ4n) is 20.5. The van der Waals surface area contributed by atoms with Gasteiger partial charge in [-0.25, -0.2) is 37.9 Å². The van der Waals surface area contributed by atoms with E-state index in [1.54, 1.807) is 103 Å². The molecule has 19 N–H and O–H groups in total. The number of H-pyrrole nitrogens is 7. The Balaban J connectivity index is 0.000000108. The molecule has 0 saturated carbocycles. The highest BCUT2D eigenvalue weighted by molar-refractivity contribution is 6.30. The summed E-state index contributed by atoms with van der Waals surface area (Å²) in [5, 5.41) is 60.4. The fraction of sp³-hybridized carbons (Fsp3) is 0.157. The molecule has 7 aromatic carbocycles. The number of carboxylic acid groups (broad SMARTS) is 4. The zero-order valence-corrected chi connectivity index (χ0v) is 73.0. The second-order valence-corrected chi connectivity index (χ2v) is 34.9. The van der Waals surface area contributed by atoms with Crippen LogP contribution < -0.4 is 45.2 Å². The maximum Gasteiger partial charge on any atom is 0.353 e. The molecule has 678 valence electrons. The third-order valence-electron chi connectivity index (χ3n) is 26.6. The Hall–Kier alpha value is -17.2. The van der Waals surface area contributed by atoms with Crippen molar-refractivity contribution < 1.29 is 48.4 Å². The predicted octanol–water partition coefficient (Wildman–Crippen LogP) is 16.4. The normalized spacial score (nSPS) is 13.1. The number of anilines is 4. The van der Waals surface area contributed by atoms with Gasteiger partial charge in [-0.1, -0.05) is 29.8 Å². The Morgan fingerprint density at radius 2 is 0.728 bits per heavy atom. The van der Waals surface area contributed by atoms with Crippen LogP contribution in [0.2, 0.25) is 5.15 Å². The molecule has 4 aliphatic carbocycles. The van der Waals surface area contributed by atoms with Gasteiger partial charge in [0, 0.05) is 158 Å². The maximum absolute atomic E-state index is 15.1. The third kappa shape index (κ3) is 14.8. The van der Waals surface area contributed by atoms with E-state index in [9.17, 15) is 58.8 Å². The zero-order chi connectivity index (χ0) is 94.1. The number of carboxylic acids is 4. The van der Waals surface area contributed by atoms with Crippen LogP contribution in [0.4, 0.5) is 31.9 Å². The highest BCUT2D eigenvalue weighted by atomic mass is 35.5. The first kappa shape index (κ1) is 85.5. The van der Waals surface area contributed by atoms with Crippen molar-refractivity contribution in [3.8, 4) is 44.5 Å². The number of hydrogen-bond acceptors (Lipinski definition) is 16. The zero-order valence-electron chi connectivity index (χ0n) is 72.3. The van der Waals surface area contributed by atoms with Crippen LogP contribution in [0.1, 0.15) is 134 Å². The van der Waals surface area contributed by atoms with Gasteiger partial charge >= 0.3 is 23.9 Å². The van der Waals surface area contributed by atoms with E-state index in [0.717, 1.165) is 138 Å². The molecule has 0 fully saturated rings. The molecule has 4 aliphatic rings. The molecule has 0 radical (unpaired) electrons. The van der Waals surface area contributed by atoms with Gasteiger partial charge in [0.05, 0.1) is 47.3 Å². The number of nitrogens with two attached hydrogens (primary N) is 4. The van der Waals surface area contributed by atoms with Crippen molar-refractivity contribution >= 4 is 146 Å². The molecule has 0 amide bonds. The lowest BCUT2D eigenvalue weighted by atomic mass is 10.00. The van der Waals surface area contributed by atoms with E-state index >= 15 is 8.78 Å². The summed E-state index contributed by atoms with van der Waals surface area (Å²) in [6.07, 6.45) is 19.2. The van der Waals surface area contributed by atoms with Crippen molar-refractivity contribution in [1.29, 1.82) is 0 Å². The number of pyridine rings is 6. The van der Waals surface area contributed by atoms with Crippen LogP contribution in [-0.2, 0) is 77.5 Å². The minimum absolute atomic E-state index is 0.0198. The molecule has 0 unspecified atom stereocenters. The fourth-order valence-corrected chi connectivity index (χ4v) is 20.7. The number of benzene rings is 7. The molecule has 13 aromatic heterocycles. The van der Waals surface area contributed by atoms with Crippen LogP contribution >= 0.6 is 11.6 Å². The first-order chi connectivity index (χ1) is 65.8. The number of para-hydroxylation sites is 1. The highest BCUT2D eigenvalue weighted by Crippen LogP contribution is 2.45. The number of aromatic nitrogens is 15. The topological polar surface area (TPSA) is 503 Å². The first-order valence-corrected chi connectivity index (χ1v) is 44.4. The van der Waals surface area contributed by atoms with E-state index in [1.165, 1.54) is 53.0 Å². The summed E-state index contributed by atoms with van der Waals surface area (Å²) in [6.45, 7) is 0.352. The lowest BCUT2D eigenvalue weighted by Crippen LogP contribution is -2.14. The van der Waals surface area contributed by atoms with Crippen LogP contribution in [0, 0.1) is 11.6 Å². The van der Waals surface area contributed by atoms with E-state index in [1.807, 2.05) is 60.7 Å². The molecule has 13 heterocycles. The number of aromatic amines is 7. The second kappa shape index (κ2) is 33.9. The number of carbonyl (C=O) groups is 4. The Bertz CT molecular complexity index is 8180. The Morgan fingerprint density at radius 1 is 0.368 bits per heavy atom. The standard InChI is InChI=1S/C27H22N4O3.C26H21FN4O3.C25H20FN5O3.C24H19ClN6O3/c28-23-13-17(18-7-1-2-9-21(18)30-23)14-31-22-12-16-6-3-5-15(16)11-20(22)24(25(31)27(33)34)19-8-4-10-29-26(19)32;27-19-10-21-17(20(28)11-30-21)8-15(19)12-31-22-9-14-4-1-3-13(14)7-18(22)23(24(31)26(33)34)16-5-2-6-29-25(16)32;26-18-10-19-16(23(27)30-29-19)8-14(18)11-31-20-9-13-4-1-3-12(13)7-17(20)21(22(31)25(33)34)15-5-2-6-28-24(15)32;25-20-13(8-16-21(26)29-30-22(16)28-20)10-31-17-9-12-4-1-3-11(12)7-15(17)18(19(31)24(33)34)14-5-2-6-27-23(14)32/h1-2,4,7-13H,3,5-6,14H2,(H2,28,30)(H,29,32)(H,33,34);2,5-11,30H,1,3-4,12,28H2,(H,29,32)(H,33,34);2,5-10H,1,3-4,11H2,(H,28,32)(H,33,34)(H3,27,29,30);2,5-9H,1,3-4,10H2,(H,27,32)(H,33,34)(H3,26,28,29,30). The van der Waals surface area contributed by atoms with Gasteiger partial charge in [0.2, 0.25) is 0 Å². The lowest BCUT2D eigenvalue weighted by molar-refractivity contribution is 0.0676. The van der Waals surface area contributed by atoms with E-state index in [0.29, 0.717) is 116 Å². The predicted molar refractivity (Wildman–Crippen MR) is 517 cm³/mol. The molecule has 24 rings (SSSR count). The number of nitrogen functional groups attached to an aromatic ring is 4. The van der Waals surface area contributed by atoms with Crippen molar-refractivity contribution in [2.45, 2.75) is 103 Å². The number of halogens is 3. The van der Waals surface area contributed by atoms with Crippen molar-refractivity contribution in [3.05, 3.63) is 336 Å². The minimum Gasteiger partial charge on any atom is -0.477 e. The average molecular weight is 1840 g/mol. The van der Waals surface area contributed by atoms with Crippen molar-refractivity contribution in [1.82, 2.24) is 73.6 Å². The molecular formula is C102H82ClF2N19O12. The van der Waals surface area contributed by atoms with Gasteiger partial charge in [0.25, 0.3) is 22.2 Å². The number of aromatic carboxylic acids is 4. The van der Waals surface area contributed by atoms with Crippen LogP contribution in [-0.4, -0.2) is 118 Å². The van der Waals surface area contributed by atoms with Crippen molar-refractivity contribution in [3.63, 3.8) is 0 Å². The van der Waals surface area contributed by atoms with Crippen LogP contribution in [0.5, 0.6) is 0 Å². The van der Waals surface area contributed by atoms with Gasteiger partial charge in [-0.3, -0.25) is 29.4 Å². The van der Waals surface area contributed by atoms with Crippen LogP contribution in [0.3, 0.4) is 0 Å². The largest absolute Gasteiger partial charge is 0.477 e. The van der Waals surface area contributed by atoms with Crippen LogP contribution in [0.25, 0.3) is 132 Å². The molecule has 0 spiro atoms. The molecule has 31 nitrogen and oxygen atoms in total. The van der Waals surface area contributed by atoms with Gasteiger partial charge in [-0.15, -0.1) is 0 Å². The average Bonchev–Trinajstić information content (AvgIpc) is 1.59. The number of hydrogen-bond donors (Lipinski definition) is 15. The van der Waals surface area contributed by atoms with Crippen LogP contribution in [0.15, 0.2) is 208 Å². The van der Waals surface area contributed by atoms with Gasteiger partial charge in [-0.05, 0) is 267 Å². The Kier molecular flexibility index (Phi) is 21.3. The molecule has 34 heteroatoms. The molecule has 20 aromatic rings.